The van der Waals surface area contributed by atoms with Crippen molar-refractivity contribution in [1.29, 1.82) is 0 Å². The summed E-state index contributed by atoms with van der Waals surface area (Å²) in [6.07, 6.45) is 26.3. The first-order valence-electron chi connectivity index (χ1n) is 26.8. The summed E-state index contributed by atoms with van der Waals surface area (Å²) in [6, 6.07) is 0. The molecule has 2 heterocycles. The van der Waals surface area contributed by atoms with Gasteiger partial charge in [-0.2, -0.15) is 0 Å². The van der Waals surface area contributed by atoms with Crippen LogP contribution < -0.4 is 74.8 Å². The fourth-order valence-electron chi connectivity index (χ4n) is 11.0. The number of fused-ring (bicyclic) bond motifs is 2. The Morgan fingerprint density at radius 3 is 1.08 bits per heavy atom. The third-order valence-corrected chi connectivity index (χ3v) is 16.9. The maximum absolute atomic E-state index is 13.9. The van der Waals surface area contributed by atoms with Crippen molar-refractivity contribution in [3.8, 4) is 23.0 Å². The zero-order chi connectivity index (χ0) is 48.3. The van der Waals surface area contributed by atoms with E-state index in [0.29, 0.717) is 11.5 Å². The van der Waals surface area contributed by atoms with E-state index in [0.717, 1.165) is 143 Å². The Morgan fingerprint density at radius 1 is 0.485 bits per heavy atom. The predicted molar refractivity (Wildman–Crippen MR) is 274 cm³/mol. The first-order chi connectivity index (χ1) is 30.4. The summed E-state index contributed by atoms with van der Waals surface area (Å²) in [7, 11) is -4.83. The standard InChI is InChI=1S/C58H99O6P.K/c1-39(2)23-17-25-41(5)27-19-29-43(7)31-21-35-57(15)37-33-51-49(13)53(45(9)47(11)55(51)61-57)63-65(59,60)64-54-46(10)48(12)56-52(50(54)14)34-38-58(16,62-56)36-22-32-44(8)30-20-28-42(6)26-18-24-40(3)4;/h39-44H,17-38H2,1-16H3,(H,59,60);/q;+1/p-1. The molecule has 0 aliphatic carbocycles. The van der Waals surface area contributed by atoms with Gasteiger partial charge in [0.15, 0.2) is 0 Å². The van der Waals surface area contributed by atoms with Crippen LogP contribution in [0.25, 0.3) is 0 Å². The van der Waals surface area contributed by atoms with Gasteiger partial charge < -0.3 is 23.4 Å². The first-order valence-corrected chi connectivity index (χ1v) is 28.2. The van der Waals surface area contributed by atoms with Crippen LogP contribution >= 0.6 is 7.82 Å². The maximum Gasteiger partial charge on any atom is 1.00 e. The van der Waals surface area contributed by atoms with Gasteiger partial charge in [-0.15, -0.1) is 0 Å². The van der Waals surface area contributed by atoms with Gasteiger partial charge in [0.1, 0.15) is 34.2 Å². The first kappa shape index (κ1) is 59.8. The third-order valence-electron chi connectivity index (χ3n) is 16.1. The molecule has 2 aromatic carbocycles. The molecule has 0 spiro atoms. The Morgan fingerprint density at radius 2 is 0.773 bits per heavy atom. The van der Waals surface area contributed by atoms with E-state index in [9.17, 15) is 9.46 Å². The molecule has 8 heteroatoms. The van der Waals surface area contributed by atoms with Gasteiger partial charge in [-0.3, -0.25) is 0 Å². The van der Waals surface area contributed by atoms with E-state index in [1.165, 1.54) is 89.9 Å². The molecule has 0 aromatic heterocycles. The average molecular weight is 961 g/mol. The van der Waals surface area contributed by atoms with Crippen LogP contribution in [0.15, 0.2) is 0 Å². The fourth-order valence-corrected chi connectivity index (χ4v) is 12.1. The molecular weight excluding hydrogens is 863 g/mol. The van der Waals surface area contributed by atoms with Crippen LogP contribution in [-0.4, -0.2) is 11.2 Å². The SMILES string of the molecule is Cc1c(C)c2c(c(C)c1OP(=O)([O-])Oc1c(C)c(C)c3c(c1C)CCC(C)(CCCC(C)CCCC(C)CCCC(C)C)O3)CCC(C)(CCCC(C)CCCC(C)CCCC(C)C)O2.[K+]. The van der Waals surface area contributed by atoms with E-state index in [2.05, 4.69) is 69.2 Å². The second-order valence-electron chi connectivity index (χ2n) is 23.5. The zero-order valence-corrected chi connectivity index (χ0v) is 49.9. The molecule has 6 unspecified atom stereocenters. The molecule has 0 radical (unpaired) electrons. The van der Waals surface area contributed by atoms with Crippen molar-refractivity contribution in [2.45, 2.75) is 263 Å². The van der Waals surface area contributed by atoms with Gasteiger partial charge >= 0.3 is 59.2 Å². The number of hydrogen-bond acceptors (Lipinski definition) is 6. The molecule has 6 nitrogen and oxygen atoms in total. The molecular formula is C58H98KO6P. The molecule has 6 atom stereocenters. The molecule has 2 aliphatic rings. The van der Waals surface area contributed by atoms with E-state index in [1.807, 2.05) is 41.5 Å². The smallest absolute Gasteiger partial charge is 0.736 e. The molecule has 372 valence electrons. The Labute approximate surface area is 449 Å². The Kier molecular flexibility index (Phi) is 24.8. The van der Waals surface area contributed by atoms with Gasteiger partial charge in [0, 0.05) is 11.1 Å². The third kappa shape index (κ3) is 17.9. The molecule has 66 heavy (non-hydrogen) atoms. The molecule has 0 saturated carbocycles. The fraction of sp³-hybridized carbons (Fsp3) is 0.793. The molecule has 0 fully saturated rings. The summed E-state index contributed by atoms with van der Waals surface area (Å²) in [5.74, 6) is 7.24. The summed E-state index contributed by atoms with van der Waals surface area (Å²) in [6.45, 7) is 35.4. The van der Waals surface area contributed by atoms with Gasteiger partial charge in [0.2, 0.25) is 0 Å². The molecule has 0 bridgehead atoms. The Balaban J connectivity index is 0.0000116. The van der Waals surface area contributed by atoms with Crippen molar-refractivity contribution in [3.05, 3.63) is 44.5 Å². The Hall–Kier alpha value is -0.534. The predicted octanol–water partition coefficient (Wildman–Crippen LogP) is 14.5. The van der Waals surface area contributed by atoms with E-state index >= 15 is 0 Å². The van der Waals surface area contributed by atoms with E-state index < -0.39 is 7.82 Å². The summed E-state index contributed by atoms with van der Waals surface area (Å²) in [5, 5.41) is 0. The van der Waals surface area contributed by atoms with Crippen LogP contribution in [0.3, 0.4) is 0 Å². The normalized spacial score (nSPS) is 20.9. The van der Waals surface area contributed by atoms with Crippen LogP contribution in [0.1, 0.15) is 242 Å². The number of ether oxygens (including phenoxy) is 2. The molecule has 0 amide bonds. The van der Waals surface area contributed by atoms with Gasteiger partial charge in [0.25, 0.3) is 0 Å². The summed E-state index contributed by atoms with van der Waals surface area (Å²) in [4.78, 5) is 13.9. The van der Waals surface area contributed by atoms with E-state index in [1.54, 1.807) is 0 Å². The number of hydrogen-bond donors (Lipinski definition) is 0. The van der Waals surface area contributed by atoms with Crippen LogP contribution in [0.2, 0.25) is 0 Å². The molecule has 0 N–H and O–H groups in total. The topological polar surface area (TPSA) is 77.1 Å². The number of rotatable bonds is 28. The second-order valence-corrected chi connectivity index (χ2v) is 24.7. The number of benzene rings is 2. The Bertz CT molecular complexity index is 1740. The minimum Gasteiger partial charge on any atom is -0.736 e. The van der Waals surface area contributed by atoms with Crippen molar-refractivity contribution < 1.29 is 79.4 Å². The van der Waals surface area contributed by atoms with Crippen LogP contribution in [0.4, 0.5) is 0 Å². The van der Waals surface area contributed by atoms with Crippen LogP contribution in [-0.2, 0) is 17.4 Å². The van der Waals surface area contributed by atoms with Gasteiger partial charge in [0.05, 0.1) is 0 Å². The zero-order valence-electron chi connectivity index (χ0n) is 45.9. The van der Waals surface area contributed by atoms with Gasteiger partial charge in [-0.05, 0) is 176 Å². The van der Waals surface area contributed by atoms with Crippen molar-refractivity contribution in [2.24, 2.45) is 35.5 Å². The summed E-state index contributed by atoms with van der Waals surface area (Å²) >= 11 is 0. The number of phosphoric ester groups is 1. The minimum atomic E-state index is -4.83. The average Bonchev–Trinajstić information content (AvgIpc) is 3.22. The van der Waals surface area contributed by atoms with Crippen molar-refractivity contribution in [2.75, 3.05) is 0 Å². The van der Waals surface area contributed by atoms with Crippen LogP contribution in [0, 0.1) is 77.0 Å². The van der Waals surface area contributed by atoms with Crippen molar-refractivity contribution in [3.63, 3.8) is 0 Å². The maximum atomic E-state index is 13.9. The molecule has 4 rings (SSSR count). The monoisotopic (exact) mass is 961 g/mol. The molecule has 2 aliphatic heterocycles. The molecule has 0 saturated heterocycles. The van der Waals surface area contributed by atoms with Gasteiger partial charge in [-0.25, -0.2) is 4.57 Å². The van der Waals surface area contributed by atoms with Gasteiger partial charge in [-0.1, -0.05) is 145 Å². The quantitative estimate of drug-likeness (QED) is 0.0625. The minimum absolute atomic E-state index is 0. The summed E-state index contributed by atoms with van der Waals surface area (Å²) < 4.78 is 39.6. The largest absolute Gasteiger partial charge is 1.00 e. The number of phosphoric acid groups is 1. The molecule has 2 aromatic rings. The second kappa shape index (κ2) is 27.3. The summed E-state index contributed by atoms with van der Waals surface area (Å²) in [5.41, 5.74) is 6.65. The van der Waals surface area contributed by atoms with E-state index in [4.69, 9.17) is 18.5 Å². The van der Waals surface area contributed by atoms with Crippen molar-refractivity contribution in [1.82, 2.24) is 0 Å². The van der Waals surface area contributed by atoms with Crippen molar-refractivity contribution >= 4 is 7.82 Å². The van der Waals surface area contributed by atoms with E-state index in [-0.39, 0.29) is 62.6 Å². The van der Waals surface area contributed by atoms with Crippen LogP contribution in [0.5, 0.6) is 23.0 Å².